The molecule has 0 saturated heterocycles. The third-order valence-corrected chi connectivity index (χ3v) is 4.33. The lowest BCUT2D eigenvalue weighted by atomic mass is 10.3. The minimum absolute atomic E-state index is 0.167. The molecule has 0 heterocycles. The Balaban J connectivity index is 3.12. The Morgan fingerprint density at radius 1 is 1.38 bits per heavy atom. The summed E-state index contributed by atoms with van der Waals surface area (Å²) in [5.74, 6) is -1.36. The molecule has 1 aromatic rings. The van der Waals surface area contributed by atoms with Crippen LogP contribution < -0.4 is 0 Å². The highest BCUT2D eigenvalue weighted by atomic mass is 32.2. The average Bonchev–Trinajstić information content (AvgIpc) is 2.43. The Labute approximate surface area is 120 Å². The Morgan fingerprint density at radius 3 is 2.38 bits per heavy atom. The molecule has 0 amide bonds. The number of nitrogens with zero attached hydrogens (tertiary/aromatic N) is 3. The van der Waals surface area contributed by atoms with Crippen molar-refractivity contribution in [1.82, 2.24) is 4.31 Å². The lowest BCUT2D eigenvalue weighted by Crippen LogP contribution is -2.36. The van der Waals surface area contributed by atoms with Gasteiger partial charge in [-0.3, -0.25) is 14.9 Å². The largest absolute Gasteiger partial charge is 0.480 e. The van der Waals surface area contributed by atoms with E-state index < -0.39 is 27.5 Å². The molecule has 1 N–H and O–H groups in total. The number of carboxylic acids is 1. The number of hydrogen-bond donors (Lipinski definition) is 1. The molecule has 9 nitrogen and oxygen atoms in total. The summed E-state index contributed by atoms with van der Waals surface area (Å²) in [5.41, 5.74) is -0.282. The summed E-state index contributed by atoms with van der Waals surface area (Å²) < 4.78 is 25.1. The molecule has 21 heavy (non-hydrogen) atoms. The first-order valence-corrected chi connectivity index (χ1v) is 7.06. The minimum atomic E-state index is -4.13. The minimum Gasteiger partial charge on any atom is -0.480 e. The Morgan fingerprint density at radius 2 is 1.95 bits per heavy atom. The second-order valence-corrected chi connectivity index (χ2v) is 5.83. The quantitative estimate of drug-likeness (QED) is 0.573. The van der Waals surface area contributed by atoms with Crippen molar-refractivity contribution in [2.24, 2.45) is 0 Å². The first kappa shape index (κ1) is 16.5. The van der Waals surface area contributed by atoms with Crippen molar-refractivity contribution in [2.45, 2.75) is 11.3 Å². The van der Waals surface area contributed by atoms with Gasteiger partial charge in [-0.25, -0.2) is 8.42 Å². The Hall–Kier alpha value is -2.51. The van der Waals surface area contributed by atoms with Gasteiger partial charge in [-0.1, -0.05) is 0 Å². The zero-order chi connectivity index (χ0) is 16.0. The van der Waals surface area contributed by atoms with Crippen molar-refractivity contribution in [2.75, 3.05) is 13.1 Å². The van der Waals surface area contributed by atoms with Crippen LogP contribution in [0.15, 0.2) is 29.2 Å². The van der Waals surface area contributed by atoms with Gasteiger partial charge in [-0.05, 0) is 12.1 Å². The van der Waals surface area contributed by atoms with Gasteiger partial charge in [0.2, 0.25) is 10.0 Å². The fourth-order valence-electron chi connectivity index (χ4n) is 1.50. The number of carbonyl (C=O) groups is 1. The maximum absolute atomic E-state index is 12.2. The number of nitro groups is 1. The number of rotatable bonds is 7. The molecule has 0 unspecified atom stereocenters. The molecule has 0 aliphatic rings. The van der Waals surface area contributed by atoms with Crippen molar-refractivity contribution >= 4 is 21.7 Å². The van der Waals surface area contributed by atoms with Crippen molar-refractivity contribution < 1.29 is 23.2 Å². The van der Waals surface area contributed by atoms with E-state index in [-0.39, 0.29) is 23.5 Å². The first-order valence-electron chi connectivity index (χ1n) is 5.62. The van der Waals surface area contributed by atoms with E-state index in [1.165, 1.54) is 0 Å². The number of benzene rings is 1. The summed E-state index contributed by atoms with van der Waals surface area (Å²) in [6, 6.07) is 5.80. The molecule has 0 fully saturated rings. The van der Waals surface area contributed by atoms with Crippen LogP contribution in [0, 0.1) is 21.4 Å². The van der Waals surface area contributed by atoms with Crippen molar-refractivity contribution in [3.05, 3.63) is 34.4 Å². The maximum atomic E-state index is 12.2. The van der Waals surface area contributed by atoms with Crippen LogP contribution >= 0.6 is 0 Å². The molecule has 0 spiro atoms. The van der Waals surface area contributed by atoms with E-state index in [9.17, 15) is 23.3 Å². The van der Waals surface area contributed by atoms with Crippen molar-refractivity contribution in [3.63, 3.8) is 0 Å². The molecule has 0 atom stereocenters. The van der Waals surface area contributed by atoms with Gasteiger partial charge in [-0.15, -0.1) is 0 Å². The fraction of sp³-hybridized carbons (Fsp3) is 0.273. The third kappa shape index (κ3) is 4.23. The molecule has 0 aliphatic carbocycles. The second-order valence-electron chi connectivity index (χ2n) is 3.89. The van der Waals surface area contributed by atoms with Crippen molar-refractivity contribution in [1.29, 1.82) is 5.26 Å². The normalized spacial score (nSPS) is 11.0. The van der Waals surface area contributed by atoms with Crippen LogP contribution in [-0.2, 0) is 14.8 Å². The number of aliphatic carboxylic acids is 1. The Bertz CT molecular complexity index is 677. The topological polar surface area (TPSA) is 142 Å². The van der Waals surface area contributed by atoms with Gasteiger partial charge in [0, 0.05) is 25.1 Å². The highest BCUT2D eigenvalue weighted by Gasteiger charge is 2.26. The van der Waals surface area contributed by atoms with Crippen LogP contribution in [0.1, 0.15) is 6.42 Å². The van der Waals surface area contributed by atoms with Crippen LogP contribution in [0.5, 0.6) is 0 Å². The van der Waals surface area contributed by atoms with E-state index in [4.69, 9.17) is 10.4 Å². The highest BCUT2D eigenvalue weighted by Crippen LogP contribution is 2.19. The molecule has 112 valence electrons. The van der Waals surface area contributed by atoms with E-state index in [0.717, 1.165) is 24.3 Å². The average molecular weight is 313 g/mol. The highest BCUT2D eigenvalue weighted by molar-refractivity contribution is 7.89. The van der Waals surface area contributed by atoms with Gasteiger partial charge < -0.3 is 5.11 Å². The van der Waals surface area contributed by atoms with Gasteiger partial charge in [0.05, 0.1) is 15.9 Å². The van der Waals surface area contributed by atoms with Crippen LogP contribution in [0.25, 0.3) is 0 Å². The molecular formula is C11H11N3O6S. The fourth-order valence-corrected chi connectivity index (χ4v) is 2.89. The van der Waals surface area contributed by atoms with Gasteiger partial charge in [0.1, 0.15) is 6.54 Å². The number of nitriles is 1. The number of nitro benzene ring substituents is 1. The van der Waals surface area contributed by atoms with Gasteiger partial charge >= 0.3 is 5.97 Å². The lowest BCUT2D eigenvalue weighted by molar-refractivity contribution is -0.384. The zero-order valence-electron chi connectivity index (χ0n) is 10.7. The number of carboxylic acid groups (broad SMARTS) is 1. The summed E-state index contributed by atoms with van der Waals surface area (Å²) in [6.45, 7) is -1.07. The van der Waals surface area contributed by atoms with E-state index in [2.05, 4.69) is 0 Å². The molecule has 1 aromatic carbocycles. The third-order valence-electron chi connectivity index (χ3n) is 2.47. The number of hydrogen-bond acceptors (Lipinski definition) is 6. The zero-order valence-corrected chi connectivity index (χ0v) is 11.5. The summed E-state index contributed by atoms with van der Waals surface area (Å²) in [4.78, 5) is 20.3. The molecule has 0 bridgehead atoms. The summed E-state index contributed by atoms with van der Waals surface area (Å²) >= 11 is 0. The lowest BCUT2D eigenvalue weighted by Gasteiger charge is -2.18. The number of non-ortho nitro benzene ring substituents is 1. The number of sulfonamides is 1. The SMILES string of the molecule is N#CCCN(CC(=O)O)S(=O)(=O)c1ccc([N+](=O)[O-])cc1. The van der Waals surface area contributed by atoms with Crippen LogP contribution in [0.3, 0.4) is 0 Å². The van der Waals surface area contributed by atoms with E-state index in [1.54, 1.807) is 6.07 Å². The predicted molar refractivity (Wildman–Crippen MR) is 69.7 cm³/mol. The standard InChI is InChI=1S/C11H11N3O6S/c12-6-1-7-13(8-11(15)16)21(19,20)10-4-2-9(3-5-10)14(17)18/h2-5H,1,7-8H2,(H,15,16). The van der Waals surface area contributed by atoms with Crippen molar-refractivity contribution in [3.8, 4) is 6.07 Å². The molecule has 0 aromatic heterocycles. The van der Waals surface area contributed by atoms with Crippen LogP contribution in [-0.4, -0.2) is 41.8 Å². The Kier molecular flexibility index (Phi) is 5.34. The molecule has 0 aliphatic heterocycles. The summed E-state index contributed by atoms with van der Waals surface area (Å²) in [7, 11) is -4.13. The van der Waals surface area contributed by atoms with Gasteiger partial charge in [0.25, 0.3) is 5.69 Å². The van der Waals surface area contributed by atoms with E-state index >= 15 is 0 Å². The smallest absolute Gasteiger partial charge is 0.318 e. The summed E-state index contributed by atoms with van der Waals surface area (Å²) in [6.07, 6.45) is -0.167. The van der Waals surface area contributed by atoms with E-state index in [0.29, 0.717) is 4.31 Å². The monoisotopic (exact) mass is 313 g/mol. The molecule has 0 radical (unpaired) electrons. The van der Waals surface area contributed by atoms with E-state index in [1.807, 2.05) is 0 Å². The predicted octanol–water partition coefficient (Wildman–Crippen LogP) is 0.584. The van der Waals surface area contributed by atoms with Gasteiger partial charge in [-0.2, -0.15) is 9.57 Å². The second kappa shape index (κ2) is 6.78. The molecular weight excluding hydrogens is 302 g/mol. The van der Waals surface area contributed by atoms with Crippen LogP contribution in [0.2, 0.25) is 0 Å². The van der Waals surface area contributed by atoms with Gasteiger partial charge in [0.15, 0.2) is 0 Å². The summed E-state index contributed by atoms with van der Waals surface area (Å²) in [5, 5.41) is 27.7. The van der Waals surface area contributed by atoms with Crippen LogP contribution in [0.4, 0.5) is 5.69 Å². The first-order chi connectivity index (χ1) is 9.78. The molecule has 1 rings (SSSR count). The molecule has 0 saturated carbocycles. The maximum Gasteiger partial charge on any atom is 0.318 e. The molecule has 10 heteroatoms.